The second kappa shape index (κ2) is 7.76. The van der Waals surface area contributed by atoms with Crippen molar-refractivity contribution in [3.05, 3.63) is 65.2 Å². The molecule has 0 unspecified atom stereocenters. The highest BCUT2D eigenvalue weighted by Crippen LogP contribution is 2.12. The van der Waals surface area contributed by atoms with Crippen molar-refractivity contribution in [2.24, 2.45) is 0 Å². The molecule has 3 heteroatoms. The van der Waals surface area contributed by atoms with E-state index in [0.717, 1.165) is 18.7 Å². The minimum Gasteiger partial charge on any atom is -0.325 e. The van der Waals surface area contributed by atoms with Gasteiger partial charge in [-0.15, -0.1) is 0 Å². The van der Waals surface area contributed by atoms with Crippen LogP contribution in [0.4, 0.5) is 5.69 Å². The van der Waals surface area contributed by atoms with Crippen molar-refractivity contribution < 1.29 is 4.79 Å². The van der Waals surface area contributed by atoms with Gasteiger partial charge in [0.15, 0.2) is 0 Å². The van der Waals surface area contributed by atoms with Crippen LogP contribution in [0.1, 0.15) is 23.6 Å². The monoisotopic (exact) mass is 296 g/mol. The van der Waals surface area contributed by atoms with Gasteiger partial charge in [0, 0.05) is 12.2 Å². The number of aryl methyl sites for hydroxylation is 2. The average Bonchev–Trinajstić information content (AvgIpc) is 2.49. The molecule has 0 aliphatic heterocycles. The van der Waals surface area contributed by atoms with Crippen molar-refractivity contribution in [1.29, 1.82) is 0 Å². The van der Waals surface area contributed by atoms with Crippen LogP contribution in [0, 0.1) is 6.92 Å². The van der Waals surface area contributed by atoms with Crippen LogP contribution in [0.25, 0.3) is 0 Å². The molecule has 1 amide bonds. The molecule has 0 atom stereocenters. The molecule has 0 radical (unpaired) electrons. The molecule has 0 bridgehead atoms. The molecule has 2 aromatic rings. The highest BCUT2D eigenvalue weighted by molar-refractivity contribution is 5.92. The number of carbonyl (C=O) groups excluding carboxylic acids is 1. The smallest absolute Gasteiger partial charge is 0.238 e. The van der Waals surface area contributed by atoms with E-state index >= 15 is 0 Å². The first kappa shape index (κ1) is 16.2. The largest absolute Gasteiger partial charge is 0.325 e. The third-order valence-electron chi connectivity index (χ3n) is 3.73. The number of likely N-dealkylation sites (N-methyl/N-ethyl adjacent to an activating group) is 1. The molecule has 2 aromatic carbocycles. The molecule has 0 aliphatic carbocycles. The number of benzene rings is 2. The van der Waals surface area contributed by atoms with Crippen LogP contribution < -0.4 is 5.32 Å². The van der Waals surface area contributed by atoms with Crippen molar-refractivity contribution in [1.82, 2.24) is 4.90 Å². The first-order chi connectivity index (χ1) is 10.6. The Hall–Kier alpha value is -2.13. The second-order valence-electron chi connectivity index (χ2n) is 5.70. The van der Waals surface area contributed by atoms with E-state index in [-0.39, 0.29) is 5.91 Å². The number of carbonyl (C=O) groups is 1. The number of rotatable bonds is 6. The van der Waals surface area contributed by atoms with Gasteiger partial charge >= 0.3 is 0 Å². The van der Waals surface area contributed by atoms with Crippen LogP contribution in [0.3, 0.4) is 0 Å². The van der Waals surface area contributed by atoms with Crippen molar-refractivity contribution in [3.8, 4) is 0 Å². The Morgan fingerprint density at radius 2 is 1.91 bits per heavy atom. The Kier molecular flexibility index (Phi) is 5.73. The summed E-state index contributed by atoms with van der Waals surface area (Å²) in [7, 11) is 1.97. The number of hydrogen-bond acceptors (Lipinski definition) is 2. The third-order valence-corrected chi connectivity index (χ3v) is 3.73. The van der Waals surface area contributed by atoms with Gasteiger partial charge in [0.25, 0.3) is 0 Å². The van der Waals surface area contributed by atoms with Gasteiger partial charge in [0.2, 0.25) is 5.91 Å². The van der Waals surface area contributed by atoms with Crippen molar-refractivity contribution in [2.75, 3.05) is 18.9 Å². The fraction of sp³-hybridized carbons (Fsp3) is 0.316. The number of nitrogens with zero attached hydrogens (tertiary/aromatic N) is 1. The van der Waals surface area contributed by atoms with E-state index in [1.165, 1.54) is 16.7 Å². The Bertz CT molecular complexity index is 637. The van der Waals surface area contributed by atoms with Gasteiger partial charge < -0.3 is 5.32 Å². The second-order valence-corrected chi connectivity index (χ2v) is 5.70. The summed E-state index contributed by atoms with van der Waals surface area (Å²) in [5.41, 5.74) is 4.61. The molecule has 0 spiro atoms. The summed E-state index contributed by atoms with van der Waals surface area (Å²) in [6, 6.07) is 16.3. The Morgan fingerprint density at radius 1 is 1.14 bits per heavy atom. The molecule has 0 fully saturated rings. The molecule has 22 heavy (non-hydrogen) atoms. The molecule has 2 rings (SSSR count). The van der Waals surface area contributed by atoms with E-state index < -0.39 is 0 Å². The fourth-order valence-corrected chi connectivity index (χ4v) is 2.45. The molecule has 116 valence electrons. The molecule has 1 N–H and O–H groups in total. The van der Waals surface area contributed by atoms with Crippen molar-refractivity contribution >= 4 is 11.6 Å². The lowest BCUT2D eigenvalue weighted by molar-refractivity contribution is -0.117. The van der Waals surface area contributed by atoms with Gasteiger partial charge in [0.1, 0.15) is 0 Å². The summed E-state index contributed by atoms with van der Waals surface area (Å²) in [4.78, 5) is 14.2. The predicted octanol–water partition coefficient (Wildman–Crippen LogP) is 3.63. The summed E-state index contributed by atoms with van der Waals surface area (Å²) < 4.78 is 0. The molecule has 0 saturated heterocycles. The summed E-state index contributed by atoms with van der Waals surface area (Å²) in [5.74, 6) is 0.0179. The zero-order valence-electron chi connectivity index (χ0n) is 13.6. The Balaban J connectivity index is 1.90. The third kappa shape index (κ3) is 4.71. The predicted molar refractivity (Wildman–Crippen MR) is 92.0 cm³/mol. The summed E-state index contributed by atoms with van der Waals surface area (Å²) in [6.45, 7) is 5.36. The van der Waals surface area contributed by atoms with E-state index in [1.54, 1.807) is 0 Å². The fourth-order valence-electron chi connectivity index (χ4n) is 2.45. The maximum Gasteiger partial charge on any atom is 0.238 e. The highest BCUT2D eigenvalue weighted by Gasteiger charge is 2.08. The Labute approximate surface area is 133 Å². The average molecular weight is 296 g/mol. The molecule has 0 aliphatic rings. The summed E-state index contributed by atoms with van der Waals surface area (Å²) in [6.07, 6.45) is 0.969. The topological polar surface area (TPSA) is 32.3 Å². The van der Waals surface area contributed by atoms with Crippen LogP contribution in [0.5, 0.6) is 0 Å². The zero-order valence-corrected chi connectivity index (χ0v) is 13.6. The summed E-state index contributed by atoms with van der Waals surface area (Å²) >= 11 is 0. The van der Waals surface area contributed by atoms with Gasteiger partial charge in [-0.2, -0.15) is 0 Å². The zero-order chi connectivity index (χ0) is 15.9. The van der Waals surface area contributed by atoms with Crippen molar-refractivity contribution in [2.45, 2.75) is 26.8 Å². The maximum absolute atomic E-state index is 12.1. The van der Waals surface area contributed by atoms with E-state index in [9.17, 15) is 4.79 Å². The van der Waals surface area contributed by atoms with E-state index in [2.05, 4.69) is 37.4 Å². The molecule has 0 heterocycles. The SMILES string of the molecule is CCc1cccc(NC(=O)CN(C)Cc2ccccc2C)c1. The molecule has 3 nitrogen and oxygen atoms in total. The first-order valence-electron chi connectivity index (χ1n) is 7.70. The molecular weight excluding hydrogens is 272 g/mol. The number of nitrogens with one attached hydrogen (secondary N) is 1. The van der Waals surface area contributed by atoms with Gasteiger partial charge in [0.05, 0.1) is 6.54 Å². The minimum absolute atomic E-state index is 0.0179. The number of hydrogen-bond donors (Lipinski definition) is 1. The maximum atomic E-state index is 12.1. The van der Waals surface area contributed by atoms with Gasteiger partial charge in [-0.05, 0) is 49.2 Å². The van der Waals surface area contributed by atoms with E-state index in [0.29, 0.717) is 6.54 Å². The van der Waals surface area contributed by atoms with Crippen LogP contribution in [0.15, 0.2) is 48.5 Å². The minimum atomic E-state index is 0.0179. The van der Waals surface area contributed by atoms with Crippen LogP contribution in [-0.4, -0.2) is 24.4 Å². The normalized spacial score (nSPS) is 10.7. The van der Waals surface area contributed by atoms with Crippen LogP contribution >= 0.6 is 0 Å². The van der Waals surface area contributed by atoms with E-state index in [4.69, 9.17) is 0 Å². The summed E-state index contributed by atoms with van der Waals surface area (Å²) in [5, 5.41) is 2.97. The standard InChI is InChI=1S/C19H24N2O/c1-4-16-9-7-11-18(12-16)20-19(22)14-21(3)13-17-10-6-5-8-15(17)2/h5-12H,4,13-14H2,1-3H3,(H,20,22). The van der Waals surface area contributed by atoms with Gasteiger partial charge in [-0.1, -0.05) is 43.3 Å². The van der Waals surface area contributed by atoms with E-state index in [1.807, 2.05) is 42.3 Å². The quantitative estimate of drug-likeness (QED) is 0.883. The van der Waals surface area contributed by atoms with Crippen molar-refractivity contribution in [3.63, 3.8) is 0 Å². The highest BCUT2D eigenvalue weighted by atomic mass is 16.2. The lowest BCUT2D eigenvalue weighted by Crippen LogP contribution is -2.30. The van der Waals surface area contributed by atoms with Gasteiger partial charge in [-0.25, -0.2) is 0 Å². The van der Waals surface area contributed by atoms with Crippen LogP contribution in [-0.2, 0) is 17.8 Å². The molecule has 0 aromatic heterocycles. The molecule has 0 saturated carbocycles. The van der Waals surface area contributed by atoms with Crippen LogP contribution in [0.2, 0.25) is 0 Å². The Morgan fingerprint density at radius 3 is 2.64 bits per heavy atom. The lowest BCUT2D eigenvalue weighted by Gasteiger charge is -2.17. The number of amides is 1. The molecular formula is C19H24N2O. The first-order valence-corrected chi connectivity index (χ1v) is 7.70. The number of anilines is 1. The lowest BCUT2D eigenvalue weighted by atomic mass is 10.1. The van der Waals surface area contributed by atoms with Gasteiger partial charge in [-0.3, -0.25) is 9.69 Å².